The molecule has 26 heavy (non-hydrogen) atoms. The second-order valence-corrected chi connectivity index (χ2v) is 7.82. The molecule has 1 aliphatic rings. The second-order valence-electron chi connectivity index (χ2n) is 7.82. The minimum Gasteiger partial charge on any atom is -0.491 e. The number of rotatable bonds is 5. The van der Waals surface area contributed by atoms with Gasteiger partial charge in [0.15, 0.2) is 0 Å². The molecule has 2 aromatic rings. The lowest BCUT2D eigenvalue weighted by molar-refractivity contribution is -0.163. The molecule has 1 aromatic carbocycles. The van der Waals surface area contributed by atoms with E-state index >= 15 is 0 Å². The molecule has 0 fully saturated rings. The molecular weight excluding hydrogens is 334 g/mol. The van der Waals surface area contributed by atoms with E-state index in [4.69, 9.17) is 19.9 Å². The van der Waals surface area contributed by atoms with Crippen LogP contribution in [-0.2, 0) is 27.2 Å². The molecule has 2 atom stereocenters. The van der Waals surface area contributed by atoms with Crippen molar-refractivity contribution in [1.29, 1.82) is 0 Å². The third-order valence-corrected chi connectivity index (χ3v) is 4.04. The first-order valence-electron chi connectivity index (χ1n) is 8.92. The number of fused-ring (bicyclic) bond motifs is 3. The van der Waals surface area contributed by atoms with Crippen molar-refractivity contribution in [3.05, 3.63) is 23.9 Å². The highest BCUT2D eigenvalue weighted by molar-refractivity contribution is 5.84. The van der Waals surface area contributed by atoms with Crippen molar-refractivity contribution in [3.8, 4) is 5.75 Å². The average Bonchev–Trinajstić information content (AvgIpc) is 2.94. The molecule has 0 radical (unpaired) electrons. The molecule has 7 heteroatoms. The summed E-state index contributed by atoms with van der Waals surface area (Å²) in [6.45, 7) is 8.40. The van der Waals surface area contributed by atoms with E-state index in [1.165, 1.54) is 0 Å². The van der Waals surface area contributed by atoms with Crippen molar-refractivity contribution in [2.75, 3.05) is 13.2 Å². The summed E-state index contributed by atoms with van der Waals surface area (Å²) in [5, 5.41) is 5.49. The minimum absolute atomic E-state index is 0.00215. The standard InChI is InChI=1S/C19H27N3O4/c1-12(20)9-22-18-13(8-21-22)5-6-16-15(18)7-14(10-25-16)24-11-17(23)26-19(2,3)4/h5-6,8,12,14H,7,9-11,20H2,1-4H3. The molecule has 2 heterocycles. The van der Waals surface area contributed by atoms with Gasteiger partial charge >= 0.3 is 5.97 Å². The van der Waals surface area contributed by atoms with Crippen LogP contribution < -0.4 is 10.5 Å². The van der Waals surface area contributed by atoms with E-state index in [-0.39, 0.29) is 24.7 Å². The Labute approximate surface area is 153 Å². The van der Waals surface area contributed by atoms with Crippen molar-refractivity contribution >= 4 is 16.9 Å². The fourth-order valence-corrected chi connectivity index (χ4v) is 3.11. The highest BCUT2D eigenvalue weighted by Crippen LogP contribution is 2.33. The van der Waals surface area contributed by atoms with Gasteiger partial charge in [-0.25, -0.2) is 4.79 Å². The van der Waals surface area contributed by atoms with Gasteiger partial charge in [0, 0.05) is 23.4 Å². The first kappa shape index (κ1) is 18.7. The molecule has 0 spiro atoms. The van der Waals surface area contributed by atoms with Crippen molar-refractivity contribution in [1.82, 2.24) is 9.78 Å². The number of hydrogen-bond donors (Lipinski definition) is 1. The van der Waals surface area contributed by atoms with Crippen LogP contribution in [0.4, 0.5) is 0 Å². The van der Waals surface area contributed by atoms with Gasteiger partial charge < -0.3 is 19.9 Å². The van der Waals surface area contributed by atoms with E-state index < -0.39 is 5.60 Å². The molecule has 3 rings (SSSR count). The van der Waals surface area contributed by atoms with Gasteiger partial charge in [-0.05, 0) is 39.8 Å². The van der Waals surface area contributed by atoms with Gasteiger partial charge in [-0.3, -0.25) is 4.68 Å². The molecule has 2 unspecified atom stereocenters. The number of benzene rings is 1. The molecule has 2 N–H and O–H groups in total. The average molecular weight is 361 g/mol. The maximum absolute atomic E-state index is 11.9. The Morgan fingerprint density at radius 2 is 2.23 bits per heavy atom. The highest BCUT2D eigenvalue weighted by Gasteiger charge is 2.26. The third-order valence-electron chi connectivity index (χ3n) is 4.04. The number of nitrogens with two attached hydrogens (primary N) is 1. The zero-order valence-electron chi connectivity index (χ0n) is 15.8. The quantitative estimate of drug-likeness (QED) is 0.820. The Balaban J connectivity index is 1.74. The van der Waals surface area contributed by atoms with E-state index in [0.29, 0.717) is 19.6 Å². The molecular formula is C19H27N3O4. The predicted molar refractivity (Wildman–Crippen MR) is 98.2 cm³/mol. The number of esters is 1. The number of carbonyl (C=O) groups excluding carboxylic acids is 1. The monoisotopic (exact) mass is 361 g/mol. The Hall–Kier alpha value is -2.12. The van der Waals surface area contributed by atoms with Gasteiger partial charge in [0.25, 0.3) is 0 Å². The molecule has 0 aliphatic carbocycles. The summed E-state index contributed by atoms with van der Waals surface area (Å²) in [6.07, 6.45) is 2.28. The Morgan fingerprint density at radius 3 is 2.92 bits per heavy atom. The number of aromatic nitrogens is 2. The summed E-state index contributed by atoms with van der Waals surface area (Å²) >= 11 is 0. The molecule has 7 nitrogen and oxygen atoms in total. The lowest BCUT2D eigenvalue weighted by Crippen LogP contribution is -2.33. The van der Waals surface area contributed by atoms with E-state index in [9.17, 15) is 4.79 Å². The number of ether oxygens (including phenoxy) is 3. The smallest absolute Gasteiger partial charge is 0.332 e. The van der Waals surface area contributed by atoms with Crippen LogP contribution in [0.3, 0.4) is 0 Å². The van der Waals surface area contributed by atoms with Crippen molar-refractivity contribution in [3.63, 3.8) is 0 Å². The Morgan fingerprint density at radius 1 is 1.46 bits per heavy atom. The predicted octanol–water partition coefficient (Wildman–Crippen LogP) is 2.05. The summed E-state index contributed by atoms with van der Waals surface area (Å²) in [5.41, 5.74) is 7.48. The summed E-state index contributed by atoms with van der Waals surface area (Å²) in [5.74, 6) is 0.463. The van der Waals surface area contributed by atoms with Crippen LogP contribution in [0.25, 0.3) is 10.9 Å². The summed E-state index contributed by atoms with van der Waals surface area (Å²) in [7, 11) is 0. The lowest BCUT2D eigenvalue weighted by atomic mass is 10.0. The fraction of sp³-hybridized carbons (Fsp3) is 0.579. The summed E-state index contributed by atoms with van der Waals surface area (Å²) < 4.78 is 18.8. The first-order valence-corrected chi connectivity index (χ1v) is 8.92. The molecule has 0 saturated heterocycles. The lowest BCUT2D eigenvalue weighted by Gasteiger charge is -2.27. The highest BCUT2D eigenvalue weighted by atomic mass is 16.6. The van der Waals surface area contributed by atoms with Gasteiger partial charge in [0.2, 0.25) is 0 Å². The van der Waals surface area contributed by atoms with Crippen molar-refractivity contribution in [2.24, 2.45) is 5.73 Å². The molecule has 1 aliphatic heterocycles. The number of nitrogens with zero attached hydrogens (tertiary/aromatic N) is 2. The number of carbonyl (C=O) groups is 1. The van der Waals surface area contributed by atoms with E-state index in [1.807, 2.05) is 50.7 Å². The van der Waals surface area contributed by atoms with E-state index in [2.05, 4.69) is 5.10 Å². The largest absolute Gasteiger partial charge is 0.491 e. The normalized spacial score (nSPS) is 18.3. The first-order chi connectivity index (χ1) is 12.2. The maximum atomic E-state index is 11.9. The van der Waals surface area contributed by atoms with Crippen molar-refractivity contribution in [2.45, 2.75) is 58.4 Å². The van der Waals surface area contributed by atoms with Crippen LogP contribution in [0.15, 0.2) is 18.3 Å². The summed E-state index contributed by atoms with van der Waals surface area (Å²) in [4.78, 5) is 11.9. The van der Waals surface area contributed by atoms with Crippen LogP contribution in [0.1, 0.15) is 33.3 Å². The Kier molecular flexibility index (Phi) is 5.20. The van der Waals surface area contributed by atoms with Crippen LogP contribution >= 0.6 is 0 Å². The van der Waals surface area contributed by atoms with E-state index in [1.54, 1.807) is 0 Å². The topological polar surface area (TPSA) is 88.6 Å². The molecule has 0 bridgehead atoms. The second kappa shape index (κ2) is 7.25. The van der Waals surface area contributed by atoms with Crippen molar-refractivity contribution < 1.29 is 19.0 Å². The molecule has 0 amide bonds. The van der Waals surface area contributed by atoms with Gasteiger partial charge in [-0.15, -0.1) is 0 Å². The molecule has 1 aromatic heterocycles. The van der Waals surface area contributed by atoms with Gasteiger partial charge in [-0.1, -0.05) is 0 Å². The van der Waals surface area contributed by atoms with E-state index in [0.717, 1.165) is 22.2 Å². The molecule has 0 saturated carbocycles. The molecule has 142 valence electrons. The van der Waals surface area contributed by atoms with Crippen LogP contribution in [-0.4, -0.2) is 46.7 Å². The maximum Gasteiger partial charge on any atom is 0.332 e. The zero-order valence-corrected chi connectivity index (χ0v) is 15.8. The van der Waals surface area contributed by atoms with Crippen LogP contribution in [0.5, 0.6) is 5.75 Å². The third kappa shape index (κ3) is 4.34. The summed E-state index contributed by atoms with van der Waals surface area (Å²) in [6, 6.07) is 3.96. The van der Waals surface area contributed by atoms with Gasteiger partial charge in [0.05, 0.1) is 24.4 Å². The minimum atomic E-state index is -0.520. The SMILES string of the molecule is CC(N)Cn1ncc2ccc3c(c21)CC(OCC(=O)OC(C)(C)C)CO3. The van der Waals surface area contributed by atoms with Gasteiger partial charge in [-0.2, -0.15) is 5.10 Å². The Bertz CT molecular complexity index is 792. The van der Waals surface area contributed by atoms with Gasteiger partial charge in [0.1, 0.15) is 24.6 Å². The van der Waals surface area contributed by atoms with Crippen LogP contribution in [0.2, 0.25) is 0 Å². The number of hydrogen-bond acceptors (Lipinski definition) is 6. The van der Waals surface area contributed by atoms with Crippen LogP contribution in [0, 0.1) is 0 Å². The fourth-order valence-electron chi connectivity index (χ4n) is 3.11. The zero-order chi connectivity index (χ0) is 18.9.